The highest BCUT2D eigenvalue weighted by Crippen LogP contribution is 2.34. The molecule has 0 saturated heterocycles. The first-order valence-electron chi connectivity index (χ1n) is 9.96. The van der Waals surface area contributed by atoms with Gasteiger partial charge < -0.3 is 15.4 Å². The molecule has 0 amide bonds. The van der Waals surface area contributed by atoms with E-state index in [-0.39, 0.29) is 16.6 Å². The second-order valence-corrected chi connectivity index (χ2v) is 10.2. The van der Waals surface area contributed by atoms with Crippen LogP contribution >= 0.6 is 0 Å². The summed E-state index contributed by atoms with van der Waals surface area (Å²) in [5, 5.41) is 19.6. The standard InChI is InChI=1S/C22H28N4O4S/c1-13(2)19-11-20(30-26-19)18-9-15(12-25-21(18)23)17-10-16(31(24,28)29)6-5-14(17)7-8-22(3,4)27/h5-6,9-13,27H,7-8H2,1-4H3,(H2,23,25)(H2,24,28,29). The maximum absolute atomic E-state index is 11.9. The predicted molar refractivity (Wildman–Crippen MR) is 120 cm³/mol. The topological polar surface area (TPSA) is 145 Å². The summed E-state index contributed by atoms with van der Waals surface area (Å²) >= 11 is 0. The van der Waals surface area contributed by atoms with E-state index in [9.17, 15) is 13.5 Å². The van der Waals surface area contributed by atoms with Gasteiger partial charge >= 0.3 is 0 Å². The molecule has 0 aliphatic rings. The number of aliphatic hydroxyl groups is 1. The molecule has 2 aromatic heterocycles. The van der Waals surface area contributed by atoms with Gasteiger partial charge in [-0.15, -0.1) is 0 Å². The van der Waals surface area contributed by atoms with Gasteiger partial charge in [-0.05, 0) is 61.9 Å². The largest absolute Gasteiger partial charge is 0.390 e. The van der Waals surface area contributed by atoms with E-state index in [1.54, 1.807) is 32.2 Å². The zero-order valence-corrected chi connectivity index (χ0v) is 18.9. The van der Waals surface area contributed by atoms with Crippen LogP contribution in [0.1, 0.15) is 51.3 Å². The van der Waals surface area contributed by atoms with Crippen molar-refractivity contribution in [2.75, 3.05) is 5.73 Å². The summed E-state index contributed by atoms with van der Waals surface area (Å²) < 4.78 is 29.3. The first-order chi connectivity index (χ1) is 14.3. The lowest BCUT2D eigenvalue weighted by molar-refractivity contribution is 0.0714. The molecule has 2 heterocycles. The summed E-state index contributed by atoms with van der Waals surface area (Å²) in [7, 11) is -3.89. The number of anilines is 1. The van der Waals surface area contributed by atoms with Crippen LogP contribution in [0.2, 0.25) is 0 Å². The molecule has 0 saturated carbocycles. The second-order valence-electron chi connectivity index (χ2n) is 8.60. The summed E-state index contributed by atoms with van der Waals surface area (Å²) in [6, 6.07) is 8.31. The Balaban J connectivity index is 2.13. The van der Waals surface area contributed by atoms with E-state index in [1.165, 1.54) is 12.1 Å². The number of nitrogens with two attached hydrogens (primary N) is 2. The summed E-state index contributed by atoms with van der Waals surface area (Å²) in [4.78, 5) is 4.28. The SMILES string of the molecule is CC(C)c1cc(-c2cc(-c3cc(S(N)(=O)=O)ccc3CCC(C)(C)O)cnc2N)on1. The minimum absolute atomic E-state index is 0.00496. The van der Waals surface area contributed by atoms with Gasteiger partial charge in [-0.2, -0.15) is 0 Å². The van der Waals surface area contributed by atoms with Crippen LogP contribution in [-0.4, -0.2) is 29.3 Å². The quantitative estimate of drug-likeness (QED) is 0.506. The van der Waals surface area contributed by atoms with Gasteiger partial charge in [0.15, 0.2) is 5.76 Å². The number of hydrogen-bond acceptors (Lipinski definition) is 7. The van der Waals surface area contributed by atoms with E-state index < -0.39 is 15.6 Å². The van der Waals surface area contributed by atoms with Crippen LogP contribution in [0, 0.1) is 0 Å². The fourth-order valence-corrected chi connectivity index (χ4v) is 3.71. The predicted octanol–water partition coefficient (Wildman–Crippen LogP) is 3.46. The zero-order chi connectivity index (χ0) is 23.0. The summed E-state index contributed by atoms with van der Waals surface area (Å²) in [6.07, 6.45) is 2.60. The van der Waals surface area contributed by atoms with Crippen LogP contribution in [0.3, 0.4) is 0 Å². The number of aromatic nitrogens is 2. The number of sulfonamides is 1. The Morgan fingerprint density at radius 3 is 2.45 bits per heavy atom. The number of primary sulfonamides is 1. The average Bonchev–Trinajstić information content (AvgIpc) is 3.15. The molecule has 3 aromatic rings. The van der Waals surface area contributed by atoms with Crippen LogP contribution in [0.15, 0.2) is 45.9 Å². The number of aryl methyl sites for hydroxylation is 1. The summed E-state index contributed by atoms with van der Waals surface area (Å²) in [5.41, 5.74) is 8.73. The molecular formula is C22H28N4O4S. The van der Waals surface area contributed by atoms with Crippen molar-refractivity contribution in [3.63, 3.8) is 0 Å². The molecule has 0 bridgehead atoms. The molecule has 0 fully saturated rings. The Labute approximate surface area is 182 Å². The van der Waals surface area contributed by atoms with Crippen molar-refractivity contribution in [2.24, 2.45) is 5.14 Å². The Morgan fingerprint density at radius 1 is 1.16 bits per heavy atom. The molecule has 0 radical (unpaired) electrons. The van der Waals surface area contributed by atoms with Crippen LogP contribution in [0.25, 0.3) is 22.5 Å². The molecule has 0 aliphatic carbocycles. The van der Waals surface area contributed by atoms with Crippen LogP contribution in [0.4, 0.5) is 5.82 Å². The van der Waals surface area contributed by atoms with Gasteiger partial charge in [0, 0.05) is 17.8 Å². The van der Waals surface area contributed by atoms with Crippen LogP contribution in [0.5, 0.6) is 0 Å². The molecule has 8 nitrogen and oxygen atoms in total. The van der Waals surface area contributed by atoms with Crippen molar-refractivity contribution in [1.29, 1.82) is 0 Å². The lowest BCUT2D eigenvalue weighted by Gasteiger charge is -2.19. The summed E-state index contributed by atoms with van der Waals surface area (Å²) in [5.74, 6) is 0.946. The minimum atomic E-state index is -3.89. The third kappa shape index (κ3) is 5.49. The van der Waals surface area contributed by atoms with Gasteiger partial charge in [-0.1, -0.05) is 25.1 Å². The first kappa shape index (κ1) is 22.9. The molecule has 1 aromatic carbocycles. The van der Waals surface area contributed by atoms with Crippen LogP contribution < -0.4 is 10.9 Å². The number of hydrogen-bond donors (Lipinski definition) is 3. The van der Waals surface area contributed by atoms with Gasteiger partial charge in [0.05, 0.1) is 21.8 Å². The number of benzene rings is 1. The Bertz CT molecular complexity index is 1190. The van der Waals surface area contributed by atoms with Gasteiger partial charge in [0.25, 0.3) is 0 Å². The van der Waals surface area contributed by atoms with E-state index in [1.807, 2.05) is 19.9 Å². The fourth-order valence-electron chi connectivity index (χ4n) is 3.17. The molecule has 166 valence electrons. The van der Waals surface area contributed by atoms with Crippen molar-refractivity contribution in [1.82, 2.24) is 10.1 Å². The molecule has 0 aliphatic heterocycles. The Morgan fingerprint density at radius 2 is 1.87 bits per heavy atom. The van der Waals surface area contributed by atoms with Crippen LogP contribution in [-0.2, 0) is 16.4 Å². The molecule has 0 spiro atoms. The molecule has 31 heavy (non-hydrogen) atoms. The normalized spacial score (nSPS) is 12.5. The van der Waals surface area contributed by atoms with Crippen molar-refractivity contribution < 1.29 is 18.0 Å². The lowest BCUT2D eigenvalue weighted by atomic mass is 9.92. The third-order valence-corrected chi connectivity index (χ3v) is 5.94. The van der Waals surface area contributed by atoms with E-state index in [4.69, 9.17) is 15.4 Å². The maximum Gasteiger partial charge on any atom is 0.238 e. The molecule has 0 unspecified atom stereocenters. The smallest absolute Gasteiger partial charge is 0.238 e. The van der Waals surface area contributed by atoms with E-state index in [2.05, 4.69) is 10.1 Å². The Kier molecular flexibility index (Phi) is 6.22. The maximum atomic E-state index is 11.9. The second kappa shape index (κ2) is 8.41. The van der Waals surface area contributed by atoms with Crippen molar-refractivity contribution in [3.8, 4) is 22.5 Å². The molecule has 0 atom stereocenters. The molecule has 3 rings (SSSR count). The lowest BCUT2D eigenvalue weighted by Crippen LogP contribution is -2.19. The monoisotopic (exact) mass is 444 g/mol. The highest BCUT2D eigenvalue weighted by atomic mass is 32.2. The zero-order valence-electron chi connectivity index (χ0n) is 18.1. The fraction of sp³-hybridized carbons (Fsp3) is 0.364. The highest BCUT2D eigenvalue weighted by molar-refractivity contribution is 7.89. The van der Waals surface area contributed by atoms with E-state index in [0.29, 0.717) is 35.3 Å². The Hall–Kier alpha value is -2.75. The molecule has 5 N–H and O–H groups in total. The third-order valence-electron chi connectivity index (χ3n) is 5.03. The highest BCUT2D eigenvalue weighted by Gasteiger charge is 2.19. The minimum Gasteiger partial charge on any atom is -0.390 e. The van der Waals surface area contributed by atoms with E-state index >= 15 is 0 Å². The van der Waals surface area contributed by atoms with Crippen molar-refractivity contribution in [2.45, 2.75) is 57.0 Å². The molecule has 9 heteroatoms. The number of pyridine rings is 1. The number of nitrogens with zero attached hydrogens (tertiary/aromatic N) is 2. The van der Waals surface area contributed by atoms with Gasteiger partial charge in [-0.3, -0.25) is 0 Å². The van der Waals surface area contributed by atoms with Gasteiger partial charge in [-0.25, -0.2) is 18.5 Å². The van der Waals surface area contributed by atoms with Crippen molar-refractivity contribution >= 4 is 15.8 Å². The van der Waals surface area contributed by atoms with Crippen molar-refractivity contribution in [3.05, 3.63) is 47.8 Å². The number of nitrogen functional groups attached to an aromatic ring is 1. The van der Waals surface area contributed by atoms with Gasteiger partial charge in [0.2, 0.25) is 10.0 Å². The van der Waals surface area contributed by atoms with E-state index in [0.717, 1.165) is 11.3 Å². The summed E-state index contributed by atoms with van der Waals surface area (Å²) in [6.45, 7) is 7.47. The molecular weight excluding hydrogens is 416 g/mol. The first-order valence-corrected chi connectivity index (χ1v) is 11.5. The van der Waals surface area contributed by atoms with Gasteiger partial charge in [0.1, 0.15) is 5.82 Å². The number of rotatable bonds is 7. The average molecular weight is 445 g/mol.